The zero-order chi connectivity index (χ0) is 21.3. The van der Waals surface area contributed by atoms with Crippen LogP contribution in [-0.2, 0) is 17.5 Å². The number of rotatable bonds is 4. The lowest BCUT2D eigenvalue weighted by molar-refractivity contribution is -0.137. The molecule has 3 rings (SSSR count). The zero-order valence-electron chi connectivity index (χ0n) is 15.5. The Bertz CT molecular complexity index is 1140. The maximum atomic E-state index is 13.1. The van der Waals surface area contributed by atoms with E-state index >= 15 is 0 Å². The predicted molar refractivity (Wildman–Crippen MR) is 99.2 cm³/mol. The molecule has 0 spiro atoms. The highest BCUT2D eigenvalue weighted by molar-refractivity contribution is 5.80. The Labute approximate surface area is 162 Å². The molecule has 0 saturated heterocycles. The molecule has 0 radical (unpaired) electrons. The minimum absolute atomic E-state index is 0.00560. The second-order valence-electron chi connectivity index (χ2n) is 6.69. The van der Waals surface area contributed by atoms with Gasteiger partial charge in [-0.15, -0.1) is 0 Å². The van der Waals surface area contributed by atoms with Crippen LogP contribution in [-0.4, -0.2) is 31.6 Å². The average molecular weight is 406 g/mol. The standard InChI is InChI=1S/C19H17F3N4O3/c1-10(2)24-15(28)9-26-17(11-4-3-5-12(6-11)19(20,21)22)25-16-14(18(26)29)7-13(27)8-23-16/h3-8,10,27H,9H2,1-2H3,(H,24,28). The molecule has 3 aromatic rings. The summed E-state index contributed by atoms with van der Waals surface area (Å²) >= 11 is 0. The number of halogens is 3. The van der Waals surface area contributed by atoms with Gasteiger partial charge in [-0.2, -0.15) is 13.2 Å². The molecule has 0 aliphatic heterocycles. The van der Waals surface area contributed by atoms with E-state index in [1.165, 1.54) is 12.1 Å². The summed E-state index contributed by atoms with van der Waals surface area (Å²) in [6.07, 6.45) is -3.52. The van der Waals surface area contributed by atoms with Crippen LogP contribution in [0, 0.1) is 0 Å². The van der Waals surface area contributed by atoms with Crippen LogP contribution in [0.25, 0.3) is 22.4 Å². The van der Waals surface area contributed by atoms with Crippen molar-refractivity contribution in [3.63, 3.8) is 0 Å². The molecule has 2 heterocycles. The molecule has 10 heteroatoms. The van der Waals surface area contributed by atoms with Crippen LogP contribution in [0.3, 0.4) is 0 Å². The second-order valence-corrected chi connectivity index (χ2v) is 6.69. The van der Waals surface area contributed by atoms with Gasteiger partial charge >= 0.3 is 6.18 Å². The predicted octanol–water partition coefficient (Wildman–Crippen LogP) is 2.71. The number of aromatic nitrogens is 3. The molecule has 0 bridgehead atoms. The number of nitrogens with one attached hydrogen (secondary N) is 1. The number of carbonyl (C=O) groups is 1. The number of hydrogen-bond acceptors (Lipinski definition) is 5. The molecule has 152 valence electrons. The SMILES string of the molecule is CC(C)NC(=O)Cn1c(-c2cccc(C(F)(F)F)c2)nc2ncc(O)cc2c1=O. The van der Waals surface area contributed by atoms with Crippen molar-refractivity contribution in [1.82, 2.24) is 19.9 Å². The third kappa shape index (κ3) is 4.36. The molecule has 0 saturated carbocycles. The molecular weight excluding hydrogens is 389 g/mol. The van der Waals surface area contributed by atoms with Gasteiger partial charge in [0.05, 0.1) is 17.1 Å². The molecule has 7 nitrogen and oxygen atoms in total. The highest BCUT2D eigenvalue weighted by Crippen LogP contribution is 2.31. The summed E-state index contributed by atoms with van der Waals surface area (Å²) < 4.78 is 40.3. The summed E-state index contributed by atoms with van der Waals surface area (Å²) in [5, 5.41) is 12.2. The Balaban J connectivity index is 2.24. The maximum absolute atomic E-state index is 13.1. The van der Waals surface area contributed by atoms with Gasteiger partial charge in [0, 0.05) is 11.6 Å². The van der Waals surface area contributed by atoms with Gasteiger partial charge in [-0.25, -0.2) is 9.97 Å². The smallest absolute Gasteiger partial charge is 0.416 e. The highest BCUT2D eigenvalue weighted by atomic mass is 19.4. The number of nitrogens with zero attached hydrogens (tertiary/aromatic N) is 3. The van der Waals surface area contributed by atoms with E-state index in [-0.39, 0.29) is 34.2 Å². The van der Waals surface area contributed by atoms with Crippen molar-refractivity contribution in [3.8, 4) is 17.1 Å². The Kier molecular flexibility index (Phi) is 5.27. The Morgan fingerprint density at radius 3 is 2.66 bits per heavy atom. The Hall–Kier alpha value is -3.43. The number of pyridine rings is 1. The fourth-order valence-corrected chi connectivity index (χ4v) is 2.81. The molecule has 1 amide bonds. The molecule has 0 fully saturated rings. The summed E-state index contributed by atoms with van der Waals surface area (Å²) in [7, 11) is 0. The van der Waals surface area contributed by atoms with Crippen LogP contribution in [0.15, 0.2) is 41.3 Å². The first-order valence-electron chi connectivity index (χ1n) is 8.63. The third-order valence-corrected chi connectivity index (χ3v) is 3.99. The van der Waals surface area contributed by atoms with Gasteiger partial charge < -0.3 is 10.4 Å². The molecular formula is C19H17F3N4O3. The van der Waals surface area contributed by atoms with Crippen molar-refractivity contribution >= 4 is 16.9 Å². The van der Waals surface area contributed by atoms with E-state index in [2.05, 4.69) is 15.3 Å². The summed E-state index contributed by atoms with van der Waals surface area (Å²) in [6.45, 7) is 3.01. The number of hydrogen-bond donors (Lipinski definition) is 2. The quantitative estimate of drug-likeness (QED) is 0.695. The minimum atomic E-state index is -4.59. The summed E-state index contributed by atoms with van der Waals surface area (Å²) in [5.74, 6) is -0.920. The fraction of sp³-hybridized carbons (Fsp3) is 0.263. The molecule has 2 N–H and O–H groups in total. The van der Waals surface area contributed by atoms with E-state index in [0.29, 0.717) is 0 Å². The molecule has 29 heavy (non-hydrogen) atoms. The molecule has 1 aromatic carbocycles. The van der Waals surface area contributed by atoms with Crippen molar-refractivity contribution in [2.45, 2.75) is 32.6 Å². The third-order valence-electron chi connectivity index (χ3n) is 3.99. The number of fused-ring (bicyclic) bond motifs is 1. The number of benzene rings is 1. The average Bonchev–Trinajstić information content (AvgIpc) is 2.63. The first-order valence-corrected chi connectivity index (χ1v) is 8.63. The Morgan fingerprint density at radius 1 is 1.28 bits per heavy atom. The number of aromatic hydroxyl groups is 1. The van der Waals surface area contributed by atoms with Crippen LogP contribution in [0.2, 0.25) is 0 Å². The van der Waals surface area contributed by atoms with Gasteiger partial charge in [0.25, 0.3) is 5.56 Å². The van der Waals surface area contributed by atoms with Gasteiger partial charge in [-0.1, -0.05) is 12.1 Å². The summed E-state index contributed by atoms with van der Waals surface area (Å²) in [4.78, 5) is 33.3. The summed E-state index contributed by atoms with van der Waals surface area (Å²) in [6, 6.07) is 5.25. The van der Waals surface area contributed by atoms with Crippen molar-refractivity contribution in [3.05, 3.63) is 52.4 Å². The van der Waals surface area contributed by atoms with Crippen molar-refractivity contribution < 1.29 is 23.1 Å². The second kappa shape index (κ2) is 7.53. The first-order chi connectivity index (χ1) is 13.6. The van der Waals surface area contributed by atoms with Crippen LogP contribution in [0.4, 0.5) is 13.2 Å². The van der Waals surface area contributed by atoms with E-state index in [1.54, 1.807) is 13.8 Å². The van der Waals surface area contributed by atoms with Gasteiger partial charge in [0.2, 0.25) is 5.91 Å². The van der Waals surface area contributed by atoms with Crippen molar-refractivity contribution in [1.29, 1.82) is 0 Å². The van der Waals surface area contributed by atoms with Crippen molar-refractivity contribution in [2.75, 3.05) is 0 Å². The van der Waals surface area contributed by atoms with Crippen LogP contribution in [0.1, 0.15) is 19.4 Å². The maximum Gasteiger partial charge on any atom is 0.416 e. The number of carbonyl (C=O) groups excluding carboxylic acids is 1. The van der Waals surface area contributed by atoms with Gasteiger partial charge in [0.1, 0.15) is 18.1 Å². The lowest BCUT2D eigenvalue weighted by Crippen LogP contribution is -2.37. The van der Waals surface area contributed by atoms with Crippen molar-refractivity contribution in [2.24, 2.45) is 0 Å². The molecule has 2 aromatic heterocycles. The van der Waals surface area contributed by atoms with Crippen LogP contribution < -0.4 is 10.9 Å². The Morgan fingerprint density at radius 2 is 2.00 bits per heavy atom. The van der Waals surface area contributed by atoms with Crippen LogP contribution in [0.5, 0.6) is 5.75 Å². The number of amides is 1. The molecule has 0 aliphatic carbocycles. The zero-order valence-corrected chi connectivity index (χ0v) is 15.5. The van der Waals surface area contributed by atoms with Gasteiger partial charge in [-0.3, -0.25) is 14.2 Å². The fourth-order valence-electron chi connectivity index (χ4n) is 2.81. The van der Waals surface area contributed by atoms with E-state index in [0.717, 1.165) is 29.0 Å². The number of alkyl halides is 3. The van der Waals surface area contributed by atoms with E-state index in [9.17, 15) is 27.9 Å². The largest absolute Gasteiger partial charge is 0.506 e. The highest BCUT2D eigenvalue weighted by Gasteiger charge is 2.31. The van der Waals surface area contributed by atoms with Gasteiger partial charge in [0.15, 0.2) is 5.65 Å². The monoisotopic (exact) mass is 406 g/mol. The lowest BCUT2D eigenvalue weighted by atomic mass is 10.1. The van der Waals surface area contributed by atoms with E-state index in [1.807, 2.05) is 0 Å². The molecule has 0 atom stereocenters. The van der Waals surface area contributed by atoms with E-state index < -0.39 is 29.8 Å². The summed E-state index contributed by atoms with van der Waals surface area (Å²) in [5.41, 5.74) is -1.67. The minimum Gasteiger partial charge on any atom is -0.506 e. The van der Waals surface area contributed by atoms with E-state index in [4.69, 9.17) is 0 Å². The molecule has 0 unspecified atom stereocenters. The lowest BCUT2D eigenvalue weighted by Gasteiger charge is -2.15. The normalized spacial score (nSPS) is 11.8. The topological polar surface area (TPSA) is 97.1 Å². The van der Waals surface area contributed by atoms with Gasteiger partial charge in [-0.05, 0) is 32.0 Å². The first kappa shape index (κ1) is 20.3. The molecule has 0 aliphatic rings. The van der Waals surface area contributed by atoms with Crippen LogP contribution >= 0.6 is 0 Å².